The number of nitrogens with zero attached hydrogens (tertiary/aromatic N) is 1. The number of nitrogens with one attached hydrogen (secondary N) is 2. The highest BCUT2D eigenvalue weighted by molar-refractivity contribution is 5.83. The lowest BCUT2D eigenvalue weighted by Crippen LogP contribution is -2.45. The Kier molecular flexibility index (Phi) is 6.70. The number of hydrogen-bond acceptors (Lipinski definition) is 3. The number of hydrogen-bond donors (Lipinski definition) is 2. The van der Waals surface area contributed by atoms with Gasteiger partial charge in [-0.1, -0.05) is 6.92 Å². The summed E-state index contributed by atoms with van der Waals surface area (Å²) in [4.78, 5) is 24.1. The van der Waals surface area contributed by atoms with Crippen molar-refractivity contribution in [1.29, 1.82) is 0 Å². The molecule has 5 heteroatoms. The maximum Gasteiger partial charge on any atom is 0.236 e. The molecule has 1 unspecified atom stereocenters. The first kappa shape index (κ1) is 13.9. The van der Waals surface area contributed by atoms with E-state index >= 15 is 0 Å². The van der Waals surface area contributed by atoms with E-state index < -0.39 is 0 Å². The van der Waals surface area contributed by atoms with Crippen molar-refractivity contribution >= 4 is 11.8 Å². The van der Waals surface area contributed by atoms with Gasteiger partial charge < -0.3 is 10.2 Å². The van der Waals surface area contributed by atoms with E-state index in [4.69, 9.17) is 0 Å². The zero-order valence-corrected chi connectivity index (χ0v) is 9.96. The van der Waals surface area contributed by atoms with E-state index in [2.05, 4.69) is 10.6 Å². The van der Waals surface area contributed by atoms with Crippen LogP contribution in [-0.4, -0.2) is 49.9 Å². The van der Waals surface area contributed by atoms with Gasteiger partial charge in [-0.3, -0.25) is 14.9 Å². The van der Waals surface area contributed by atoms with Crippen LogP contribution in [0.5, 0.6) is 0 Å². The minimum atomic E-state index is -0.333. The van der Waals surface area contributed by atoms with Crippen LogP contribution >= 0.6 is 0 Å². The van der Waals surface area contributed by atoms with Crippen LogP contribution in [0.1, 0.15) is 20.3 Å². The molecule has 0 fully saturated rings. The summed E-state index contributed by atoms with van der Waals surface area (Å²) in [5.41, 5.74) is 0. The second kappa shape index (κ2) is 7.23. The van der Waals surface area contributed by atoms with Gasteiger partial charge in [-0.05, 0) is 13.3 Å². The van der Waals surface area contributed by atoms with Gasteiger partial charge in [-0.2, -0.15) is 0 Å². The Balaban J connectivity index is 3.77. The first-order chi connectivity index (χ1) is 6.99. The van der Waals surface area contributed by atoms with Crippen LogP contribution < -0.4 is 10.6 Å². The van der Waals surface area contributed by atoms with Gasteiger partial charge in [0.25, 0.3) is 0 Å². The van der Waals surface area contributed by atoms with Crippen molar-refractivity contribution in [1.82, 2.24) is 15.5 Å². The molecule has 5 nitrogen and oxygen atoms in total. The van der Waals surface area contributed by atoms with Crippen LogP contribution in [0.3, 0.4) is 0 Å². The van der Waals surface area contributed by atoms with Crippen LogP contribution in [0.25, 0.3) is 0 Å². The van der Waals surface area contributed by atoms with Gasteiger partial charge in [0.05, 0.1) is 12.6 Å². The smallest absolute Gasteiger partial charge is 0.236 e. The largest absolute Gasteiger partial charge is 0.355 e. The van der Waals surface area contributed by atoms with E-state index in [0.717, 1.165) is 6.42 Å². The normalized spacial score (nSPS) is 12.0. The molecule has 0 aromatic rings. The summed E-state index contributed by atoms with van der Waals surface area (Å²) < 4.78 is 0. The van der Waals surface area contributed by atoms with Gasteiger partial charge in [-0.15, -0.1) is 0 Å². The zero-order valence-electron chi connectivity index (χ0n) is 9.96. The predicted octanol–water partition coefficient (Wildman–Crippen LogP) is -0.421. The molecule has 0 saturated heterocycles. The van der Waals surface area contributed by atoms with Gasteiger partial charge in [0.2, 0.25) is 11.8 Å². The van der Waals surface area contributed by atoms with E-state index in [9.17, 15) is 9.59 Å². The highest BCUT2D eigenvalue weighted by atomic mass is 16.2. The summed E-state index contributed by atoms with van der Waals surface area (Å²) in [5.74, 6) is -0.103. The molecular formula is C10H21N3O2. The number of carbonyl (C=O) groups excluding carboxylic acids is 2. The van der Waals surface area contributed by atoms with Crippen LogP contribution in [-0.2, 0) is 9.59 Å². The van der Waals surface area contributed by atoms with Crippen molar-refractivity contribution in [2.24, 2.45) is 0 Å². The summed E-state index contributed by atoms with van der Waals surface area (Å²) in [5, 5.41) is 5.63. The van der Waals surface area contributed by atoms with Gasteiger partial charge in [-0.25, -0.2) is 0 Å². The molecule has 15 heavy (non-hydrogen) atoms. The summed E-state index contributed by atoms with van der Waals surface area (Å²) in [6, 6.07) is -0.333. The van der Waals surface area contributed by atoms with Gasteiger partial charge in [0.15, 0.2) is 0 Å². The lowest BCUT2D eigenvalue weighted by atomic mass is 10.3. The van der Waals surface area contributed by atoms with Crippen molar-refractivity contribution in [3.63, 3.8) is 0 Å². The van der Waals surface area contributed by atoms with Gasteiger partial charge in [0, 0.05) is 20.6 Å². The summed E-state index contributed by atoms with van der Waals surface area (Å²) in [6.45, 7) is 4.60. The van der Waals surface area contributed by atoms with Crippen molar-refractivity contribution in [3.05, 3.63) is 0 Å². The maximum atomic E-state index is 11.4. The lowest BCUT2D eigenvalue weighted by molar-refractivity contribution is -0.128. The van der Waals surface area contributed by atoms with Gasteiger partial charge in [0.1, 0.15) is 0 Å². The first-order valence-corrected chi connectivity index (χ1v) is 5.20. The standard InChI is InChI=1S/C10H21N3O2/c1-5-6-11-10(15)8(2)12-7-9(14)13(3)4/h8,12H,5-7H2,1-4H3,(H,11,15). The average Bonchev–Trinajstić information content (AvgIpc) is 2.21. The third-order valence-electron chi connectivity index (χ3n) is 2.00. The second-order valence-corrected chi connectivity index (χ2v) is 3.68. The average molecular weight is 215 g/mol. The highest BCUT2D eigenvalue weighted by Gasteiger charge is 2.13. The topological polar surface area (TPSA) is 61.4 Å². The molecule has 0 aliphatic carbocycles. The van der Waals surface area contributed by atoms with E-state index in [-0.39, 0.29) is 24.4 Å². The fraction of sp³-hybridized carbons (Fsp3) is 0.800. The summed E-state index contributed by atoms with van der Waals surface area (Å²) in [7, 11) is 3.37. The van der Waals surface area contributed by atoms with Crippen molar-refractivity contribution in [3.8, 4) is 0 Å². The lowest BCUT2D eigenvalue weighted by Gasteiger charge is -2.15. The van der Waals surface area contributed by atoms with Crippen LogP contribution in [0.2, 0.25) is 0 Å². The third kappa shape index (κ3) is 6.06. The summed E-state index contributed by atoms with van der Waals surface area (Å²) in [6.07, 6.45) is 0.912. The Hall–Kier alpha value is -1.10. The molecule has 2 amide bonds. The minimum Gasteiger partial charge on any atom is -0.355 e. The number of likely N-dealkylation sites (N-methyl/N-ethyl adjacent to an activating group) is 1. The molecule has 0 spiro atoms. The van der Waals surface area contributed by atoms with E-state index in [1.807, 2.05) is 6.92 Å². The SMILES string of the molecule is CCCNC(=O)C(C)NCC(=O)N(C)C. The Morgan fingerprint density at radius 2 is 1.93 bits per heavy atom. The molecule has 2 N–H and O–H groups in total. The fourth-order valence-corrected chi connectivity index (χ4v) is 0.893. The van der Waals surface area contributed by atoms with Crippen molar-refractivity contribution in [2.75, 3.05) is 27.2 Å². The molecular weight excluding hydrogens is 194 g/mol. The second-order valence-electron chi connectivity index (χ2n) is 3.68. The number of amides is 2. The quantitative estimate of drug-likeness (QED) is 0.632. The molecule has 0 aliphatic rings. The van der Waals surface area contributed by atoms with E-state index in [1.165, 1.54) is 4.90 Å². The maximum absolute atomic E-state index is 11.4. The molecule has 0 radical (unpaired) electrons. The molecule has 1 atom stereocenters. The zero-order chi connectivity index (χ0) is 11.8. The minimum absolute atomic E-state index is 0.0369. The molecule has 0 saturated carbocycles. The predicted molar refractivity (Wildman–Crippen MR) is 59.5 cm³/mol. The van der Waals surface area contributed by atoms with E-state index in [0.29, 0.717) is 6.54 Å². The van der Waals surface area contributed by atoms with Crippen LogP contribution in [0.4, 0.5) is 0 Å². The van der Waals surface area contributed by atoms with Gasteiger partial charge >= 0.3 is 0 Å². The summed E-state index contributed by atoms with van der Waals surface area (Å²) >= 11 is 0. The number of rotatable bonds is 6. The first-order valence-electron chi connectivity index (χ1n) is 5.20. The van der Waals surface area contributed by atoms with Crippen molar-refractivity contribution < 1.29 is 9.59 Å². The highest BCUT2D eigenvalue weighted by Crippen LogP contribution is 1.84. The fourth-order valence-electron chi connectivity index (χ4n) is 0.893. The Labute approximate surface area is 91.2 Å². The molecule has 88 valence electrons. The molecule has 0 aromatic heterocycles. The Morgan fingerprint density at radius 1 is 1.33 bits per heavy atom. The molecule has 0 rings (SSSR count). The Bertz CT molecular complexity index is 217. The third-order valence-corrected chi connectivity index (χ3v) is 2.00. The monoisotopic (exact) mass is 215 g/mol. The molecule has 0 bridgehead atoms. The van der Waals surface area contributed by atoms with Crippen molar-refractivity contribution in [2.45, 2.75) is 26.3 Å². The van der Waals surface area contributed by atoms with E-state index in [1.54, 1.807) is 21.0 Å². The van der Waals surface area contributed by atoms with Crippen LogP contribution in [0, 0.1) is 0 Å². The molecule has 0 heterocycles. The molecule has 0 aromatic carbocycles. The Morgan fingerprint density at radius 3 is 2.40 bits per heavy atom. The van der Waals surface area contributed by atoms with Crippen LogP contribution in [0.15, 0.2) is 0 Å². The number of carbonyl (C=O) groups is 2. The molecule has 0 aliphatic heterocycles.